The van der Waals surface area contributed by atoms with Crippen LogP contribution in [0.3, 0.4) is 0 Å². The van der Waals surface area contributed by atoms with Crippen LogP contribution in [0.4, 0.5) is 0 Å². The van der Waals surface area contributed by atoms with Gasteiger partial charge in [0.25, 0.3) is 11.8 Å². The number of amides is 6. The lowest BCUT2D eigenvalue weighted by atomic mass is 9.85. The minimum absolute atomic E-state index is 0.0188. The van der Waals surface area contributed by atoms with Crippen molar-refractivity contribution in [2.75, 3.05) is 26.2 Å². The lowest BCUT2D eigenvalue weighted by Crippen LogP contribution is -2.60. The minimum atomic E-state index is -1.15. The van der Waals surface area contributed by atoms with Crippen LogP contribution in [0.25, 0.3) is 0 Å². The molecule has 1 aromatic heterocycles. The highest BCUT2D eigenvalue weighted by atomic mass is 16.2. The van der Waals surface area contributed by atoms with Gasteiger partial charge in [-0.3, -0.25) is 43.4 Å². The van der Waals surface area contributed by atoms with Crippen molar-refractivity contribution in [1.82, 2.24) is 45.9 Å². The fourth-order valence-corrected chi connectivity index (χ4v) is 7.35. The highest BCUT2D eigenvalue weighted by Gasteiger charge is 2.64. The van der Waals surface area contributed by atoms with Crippen molar-refractivity contribution in [3.05, 3.63) is 36.9 Å². The number of carbonyl (C=O) groups is 7. The fraction of sp³-hybridized carbons (Fsp3) is 0.629. The molecule has 1 aliphatic carbocycles. The summed E-state index contributed by atoms with van der Waals surface area (Å²) in [5.41, 5.74) is -1.87. The molecule has 5 atom stereocenters. The highest BCUT2D eigenvalue weighted by Crippen LogP contribution is 2.46. The summed E-state index contributed by atoms with van der Waals surface area (Å²) in [5.74, 6) is -4.07. The molecule has 5 rings (SSSR count). The number of ketones is 1. The molecule has 276 valence electrons. The van der Waals surface area contributed by atoms with Gasteiger partial charge in [-0.2, -0.15) is 0 Å². The second-order valence-corrected chi connectivity index (χ2v) is 14.9. The van der Waals surface area contributed by atoms with E-state index in [2.05, 4.69) is 42.7 Å². The molecule has 0 aromatic carbocycles. The molecule has 0 bridgehead atoms. The molecule has 0 radical (unpaired) electrons. The Morgan fingerprint density at radius 3 is 2.47 bits per heavy atom. The first-order valence-corrected chi connectivity index (χ1v) is 17.7. The number of nitrogens with zero attached hydrogens (tertiary/aromatic N) is 5. The van der Waals surface area contributed by atoms with E-state index in [1.807, 2.05) is 6.92 Å². The molecule has 3 saturated heterocycles. The Kier molecular flexibility index (Phi) is 11.2. The number of rotatable bonds is 14. The van der Waals surface area contributed by atoms with E-state index >= 15 is 0 Å². The number of carbonyl (C=O) groups excluding carboxylic acids is 7. The maximum absolute atomic E-state index is 14.7. The first-order valence-electron chi connectivity index (χ1n) is 17.7. The first kappa shape index (κ1) is 37.5. The molecule has 4 N–H and O–H groups in total. The Morgan fingerprint density at radius 2 is 1.84 bits per heavy atom. The average Bonchev–Trinajstić information content (AvgIpc) is 3.53. The Bertz CT molecular complexity index is 1560. The van der Waals surface area contributed by atoms with Gasteiger partial charge in [0.15, 0.2) is 0 Å². The van der Waals surface area contributed by atoms with Crippen molar-refractivity contribution in [2.24, 2.45) is 5.41 Å². The average molecular weight is 708 g/mol. The fourth-order valence-electron chi connectivity index (χ4n) is 7.35. The summed E-state index contributed by atoms with van der Waals surface area (Å²) >= 11 is 0. The molecule has 4 heterocycles. The minimum Gasteiger partial charge on any atom is -0.347 e. The van der Waals surface area contributed by atoms with E-state index in [1.54, 1.807) is 31.7 Å². The number of fused-ring (bicyclic) bond motifs is 2. The van der Waals surface area contributed by atoms with Crippen LogP contribution >= 0.6 is 0 Å². The smallest absolute Gasteiger partial charge is 0.289 e. The van der Waals surface area contributed by atoms with Gasteiger partial charge in [-0.15, -0.1) is 6.58 Å². The molecule has 4 aliphatic rings. The number of aromatic nitrogens is 2. The summed E-state index contributed by atoms with van der Waals surface area (Å²) in [5, 5.41) is 10.7. The van der Waals surface area contributed by atoms with E-state index in [1.165, 1.54) is 23.5 Å². The molecule has 16 heteroatoms. The molecule has 16 nitrogen and oxygen atoms in total. The third kappa shape index (κ3) is 7.95. The molecule has 2 unspecified atom stereocenters. The summed E-state index contributed by atoms with van der Waals surface area (Å²) in [4.78, 5) is 107. The summed E-state index contributed by atoms with van der Waals surface area (Å²) in [6, 6.07) is -3.86. The normalized spacial score (nSPS) is 24.1. The van der Waals surface area contributed by atoms with Crippen LogP contribution in [-0.4, -0.2) is 128 Å². The Morgan fingerprint density at radius 1 is 1.10 bits per heavy atom. The first-order chi connectivity index (χ1) is 24.2. The summed E-state index contributed by atoms with van der Waals surface area (Å²) < 4.78 is 0. The molecule has 4 fully saturated rings. The SMILES string of the molecule is C=CCN1C(=O)[C@@H]2CCCN2C12C[C@@H](C(=O)NC(CCC)C(=O)C(=O)NC1CC1)N(C(=O)[C@@H](NC(=O)CNC(=O)c1cnccn1)C(C)(C)C)C2. The van der Waals surface area contributed by atoms with E-state index in [4.69, 9.17) is 0 Å². The number of Topliss-reactive ketones (excluding diaryl/α,β-unsaturated/α-hetero) is 1. The van der Waals surface area contributed by atoms with Gasteiger partial charge in [-0.05, 0) is 37.5 Å². The van der Waals surface area contributed by atoms with Crippen molar-refractivity contribution in [1.29, 1.82) is 0 Å². The zero-order valence-corrected chi connectivity index (χ0v) is 29.8. The highest BCUT2D eigenvalue weighted by molar-refractivity contribution is 6.38. The van der Waals surface area contributed by atoms with Crippen LogP contribution in [0.1, 0.15) is 83.1 Å². The molecule has 51 heavy (non-hydrogen) atoms. The molecule has 1 saturated carbocycles. The van der Waals surface area contributed by atoms with Crippen molar-refractivity contribution >= 4 is 41.2 Å². The number of hydrogen-bond acceptors (Lipinski definition) is 10. The van der Waals surface area contributed by atoms with Gasteiger partial charge in [0.05, 0.1) is 31.4 Å². The Labute approximate surface area is 297 Å². The van der Waals surface area contributed by atoms with Crippen LogP contribution in [0.2, 0.25) is 0 Å². The topological polar surface area (TPSA) is 203 Å². The van der Waals surface area contributed by atoms with Gasteiger partial charge in [-0.25, -0.2) is 4.98 Å². The Hall–Kier alpha value is -4.73. The summed E-state index contributed by atoms with van der Waals surface area (Å²) in [7, 11) is 0. The van der Waals surface area contributed by atoms with E-state index in [-0.39, 0.29) is 43.6 Å². The van der Waals surface area contributed by atoms with Crippen LogP contribution in [-0.2, 0) is 28.8 Å². The number of hydrogen-bond donors (Lipinski definition) is 4. The van der Waals surface area contributed by atoms with E-state index < -0.39 is 77.1 Å². The second-order valence-electron chi connectivity index (χ2n) is 14.9. The number of likely N-dealkylation sites (tertiary alicyclic amines) is 1. The molecular formula is C35H49N9O7. The van der Waals surface area contributed by atoms with Gasteiger partial charge in [-0.1, -0.05) is 40.2 Å². The van der Waals surface area contributed by atoms with Gasteiger partial charge in [0.1, 0.15) is 23.4 Å². The lowest BCUT2D eigenvalue weighted by molar-refractivity contribution is -0.145. The van der Waals surface area contributed by atoms with Crippen molar-refractivity contribution in [3.63, 3.8) is 0 Å². The zero-order chi connectivity index (χ0) is 37.1. The van der Waals surface area contributed by atoms with Gasteiger partial charge in [0.2, 0.25) is 29.4 Å². The van der Waals surface area contributed by atoms with E-state index in [0.717, 1.165) is 19.3 Å². The standard InChI is InChI=1S/C35H49N9O7/c1-6-9-22(27(46)31(49)39-21-11-12-21)40-30(48)25-17-35(43-16-8-10-24(43)32(50)44(35)15-7-2)20-42(25)33(51)28(34(3,4)5)41-26(45)19-38-29(47)23-18-36-13-14-37-23/h7,13-14,18,21-22,24-25,28H,2,6,8-12,15-17,19-20H2,1,3-5H3,(H,38,47)(H,39,49)(H,40,48)(H,41,45)/t22?,24-,25-,28+,35?/m0/s1. The van der Waals surface area contributed by atoms with Crippen LogP contribution < -0.4 is 21.3 Å². The van der Waals surface area contributed by atoms with Gasteiger partial charge >= 0.3 is 0 Å². The second kappa shape index (κ2) is 15.3. The molecule has 1 spiro atoms. The summed E-state index contributed by atoms with van der Waals surface area (Å²) in [6.07, 6.45) is 9.41. The van der Waals surface area contributed by atoms with Crippen molar-refractivity contribution in [3.8, 4) is 0 Å². The van der Waals surface area contributed by atoms with Crippen LogP contribution in [0.5, 0.6) is 0 Å². The van der Waals surface area contributed by atoms with E-state index in [0.29, 0.717) is 19.4 Å². The summed E-state index contributed by atoms with van der Waals surface area (Å²) in [6.45, 7) is 11.3. The quantitative estimate of drug-likeness (QED) is 0.146. The van der Waals surface area contributed by atoms with Crippen molar-refractivity contribution in [2.45, 2.75) is 109 Å². The predicted octanol–water partition coefficient (Wildman–Crippen LogP) is -0.340. The maximum atomic E-state index is 14.7. The van der Waals surface area contributed by atoms with E-state index in [9.17, 15) is 33.6 Å². The lowest BCUT2D eigenvalue weighted by Gasteiger charge is -2.40. The van der Waals surface area contributed by atoms with Gasteiger partial charge in [0, 0.05) is 37.9 Å². The van der Waals surface area contributed by atoms with Gasteiger partial charge < -0.3 is 31.1 Å². The van der Waals surface area contributed by atoms with Crippen LogP contribution in [0.15, 0.2) is 31.2 Å². The Balaban J connectivity index is 1.42. The molecular weight excluding hydrogens is 658 g/mol. The zero-order valence-electron chi connectivity index (χ0n) is 29.8. The van der Waals surface area contributed by atoms with Crippen LogP contribution in [0, 0.1) is 5.41 Å². The molecule has 6 amide bonds. The third-order valence-electron chi connectivity index (χ3n) is 10.0. The third-order valence-corrected chi connectivity index (χ3v) is 10.0. The monoisotopic (exact) mass is 707 g/mol. The molecule has 1 aromatic rings. The van der Waals surface area contributed by atoms with Crippen molar-refractivity contribution < 1.29 is 33.6 Å². The predicted molar refractivity (Wildman–Crippen MR) is 183 cm³/mol. The maximum Gasteiger partial charge on any atom is 0.289 e. The number of nitrogens with one attached hydrogen (secondary N) is 4. The largest absolute Gasteiger partial charge is 0.347 e. The molecule has 3 aliphatic heterocycles.